The first kappa shape index (κ1) is 22.9. The lowest BCUT2D eigenvalue weighted by Crippen LogP contribution is -2.46. The van der Waals surface area contributed by atoms with E-state index in [9.17, 15) is 4.39 Å². The Morgan fingerprint density at radius 1 is 1.18 bits per heavy atom. The largest absolute Gasteiger partial charge is 0.494 e. The van der Waals surface area contributed by atoms with Crippen molar-refractivity contribution >= 4 is 22.9 Å². The highest BCUT2D eigenvalue weighted by atomic mass is 32.1. The van der Waals surface area contributed by atoms with Gasteiger partial charge in [-0.2, -0.15) is 4.98 Å². The molecule has 8 heteroatoms. The van der Waals surface area contributed by atoms with E-state index in [0.717, 1.165) is 47.5 Å². The molecule has 3 aromatic rings. The fourth-order valence-corrected chi connectivity index (χ4v) is 4.24. The number of nitrogens with zero attached hydrogens (tertiary/aromatic N) is 3. The number of hydrogen-bond acceptors (Lipinski definition) is 5. The highest BCUT2D eigenvalue weighted by Crippen LogP contribution is 2.37. The van der Waals surface area contributed by atoms with Gasteiger partial charge in [-0.1, -0.05) is 30.6 Å². The molecule has 0 amide bonds. The van der Waals surface area contributed by atoms with Gasteiger partial charge in [0, 0.05) is 17.8 Å². The third-order valence-electron chi connectivity index (χ3n) is 5.59. The van der Waals surface area contributed by atoms with Crippen molar-refractivity contribution in [3.63, 3.8) is 0 Å². The number of unbranched alkanes of at least 4 members (excludes halogenated alkanes) is 1. The molecule has 4 rings (SSSR count). The number of ether oxygens (including phenoxy) is 1. The Labute approximate surface area is 198 Å². The van der Waals surface area contributed by atoms with Gasteiger partial charge in [0.05, 0.1) is 18.2 Å². The highest BCUT2D eigenvalue weighted by molar-refractivity contribution is 7.80. The van der Waals surface area contributed by atoms with Crippen LogP contribution in [0.4, 0.5) is 4.39 Å². The Balaban J connectivity index is 1.75. The van der Waals surface area contributed by atoms with Crippen molar-refractivity contribution in [3.8, 4) is 17.1 Å². The van der Waals surface area contributed by atoms with Crippen LogP contribution in [-0.2, 0) is 0 Å². The normalized spacial score (nSPS) is 16.2. The van der Waals surface area contributed by atoms with Crippen LogP contribution in [0.2, 0.25) is 0 Å². The number of nitrogens with one attached hydrogen (secondary N) is 1. The van der Waals surface area contributed by atoms with Crippen LogP contribution in [0.25, 0.3) is 17.0 Å². The van der Waals surface area contributed by atoms with E-state index in [1.54, 1.807) is 6.07 Å². The Morgan fingerprint density at radius 2 is 1.97 bits per heavy atom. The maximum atomic E-state index is 14.1. The molecule has 0 saturated carbocycles. The number of benzene rings is 2. The van der Waals surface area contributed by atoms with Crippen LogP contribution < -0.4 is 10.1 Å². The number of halogens is 1. The van der Waals surface area contributed by atoms with Gasteiger partial charge in [-0.3, -0.25) is 0 Å². The van der Waals surface area contributed by atoms with Gasteiger partial charge in [-0.15, -0.1) is 0 Å². The number of aromatic nitrogens is 2. The fraction of sp³-hybridized carbons (Fsp3) is 0.320. The first-order valence-electron chi connectivity index (χ1n) is 11.1. The van der Waals surface area contributed by atoms with Crippen molar-refractivity contribution in [1.82, 2.24) is 20.4 Å². The Hall–Kier alpha value is -3.26. The summed E-state index contributed by atoms with van der Waals surface area (Å²) in [6, 6.07) is 13.6. The summed E-state index contributed by atoms with van der Waals surface area (Å²) in [6.45, 7) is 7.44. The SMILES string of the molecule is CCCCN1C(=S)NC(c2cccc(F)c2)C(c2nc(-c3ccc(OCC)cc3)no2)=C1C. The van der Waals surface area contributed by atoms with Gasteiger partial charge in [-0.05, 0) is 74.4 Å². The average molecular weight is 467 g/mol. The van der Waals surface area contributed by atoms with Crippen LogP contribution in [0.5, 0.6) is 5.75 Å². The van der Waals surface area contributed by atoms with Crippen LogP contribution in [-0.4, -0.2) is 33.3 Å². The molecule has 172 valence electrons. The first-order valence-corrected chi connectivity index (χ1v) is 11.5. The molecule has 0 aliphatic carbocycles. The minimum Gasteiger partial charge on any atom is -0.494 e. The number of hydrogen-bond donors (Lipinski definition) is 1. The van der Waals surface area contributed by atoms with Gasteiger partial charge >= 0.3 is 0 Å². The van der Waals surface area contributed by atoms with E-state index in [1.807, 2.05) is 49.1 Å². The van der Waals surface area contributed by atoms with Crippen molar-refractivity contribution in [3.05, 3.63) is 71.5 Å². The van der Waals surface area contributed by atoms with Gasteiger partial charge in [0.15, 0.2) is 5.11 Å². The molecule has 1 N–H and O–H groups in total. The van der Waals surface area contributed by atoms with E-state index >= 15 is 0 Å². The molecular weight excluding hydrogens is 439 g/mol. The third-order valence-corrected chi connectivity index (χ3v) is 5.93. The predicted octanol–water partition coefficient (Wildman–Crippen LogP) is 5.74. The molecule has 2 aromatic carbocycles. The molecule has 0 spiro atoms. The maximum Gasteiger partial charge on any atom is 0.258 e. The zero-order valence-corrected chi connectivity index (χ0v) is 19.8. The summed E-state index contributed by atoms with van der Waals surface area (Å²) < 4.78 is 25.3. The second kappa shape index (κ2) is 10.1. The van der Waals surface area contributed by atoms with Crippen LogP contribution in [0, 0.1) is 5.82 Å². The number of thiocarbonyl (C=S) groups is 1. The first-order chi connectivity index (χ1) is 16.0. The average Bonchev–Trinajstić information content (AvgIpc) is 3.29. The smallest absolute Gasteiger partial charge is 0.258 e. The van der Waals surface area contributed by atoms with E-state index in [0.29, 0.717) is 23.4 Å². The summed E-state index contributed by atoms with van der Waals surface area (Å²) in [5.41, 5.74) is 3.26. The summed E-state index contributed by atoms with van der Waals surface area (Å²) in [7, 11) is 0. The van der Waals surface area contributed by atoms with Crippen LogP contribution in [0.1, 0.15) is 51.1 Å². The molecular formula is C25H27FN4O2S. The van der Waals surface area contributed by atoms with Crippen LogP contribution >= 0.6 is 12.2 Å². The standard InChI is InChI=1S/C25H27FN4O2S/c1-4-6-14-30-16(3)21(22(27-25(30)33)18-8-7-9-19(26)15-18)24-28-23(29-32-24)17-10-12-20(13-11-17)31-5-2/h7-13,15,22H,4-6,14H2,1-3H3,(H,27,33). The second-order valence-electron chi connectivity index (χ2n) is 7.82. The molecule has 6 nitrogen and oxygen atoms in total. The number of rotatable bonds is 8. The molecule has 0 bridgehead atoms. The maximum absolute atomic E-state index is 14.1. The van der Waals surface area contributed by atoms with E-state index in [4.69, 9.17) is 21.5 Å². The quantitative estimate of drug-likeness (QED) is 0.425. The van der Waals surface area contributed by atoms with Crippen LogP contribution in [0.15, 0.2) is 58.8 Å². The van der Waals surface area contributed by atoms with Gasteiger partial charge in [0.2, 0.25) is 5.82 Å². The Bertz CT molecular complexity index is 1160. The Morgan fingerprint density at radius 3 is 2.67 bits per heavy atom. The minimum atomic E-state index is -0.403. The molecule has 0 fully saturated rings. The molecule has 1 unspecified atom stereocenters. The lowest BCUT2D eigenvalue weighted by molar-refractivity contribution is 0.340. The third kappa shape index (κ3) is 4.90. The van der Waals surface area contributed by atoms with E-state index in [2.05, 4.69) is 22.4 Å². The summed E-state index contributed by atoms with van der Waals surface area (Å²) in [4.78, 5) is 6.73. The summed E-state index contributed by atoms with van der Waals surface area (Å²) >= 11 is 5.65. The predicted molar refractivity (Wildman–Crippen MR) is 130 cm³/mol. The monoisotopic (exact) mass is 466 g/mol. The van der Waals surface area contributed by atoms with Crippen LogP contribution in [0.3, 0.4) is 0 Å². The van der Waals surface area contributed by atoms with E-state index < -0.39 is 6.04 Å². The zero-order valence-electron chi connectivity index (χ0n) is 19.0. The lowest BCUT2D eigenvalue weighted by atomic mass is 9.94. The minimum absolute atomic E-state index is 0.314. The van der Waals surface area contributed by atoms with Crippen molar-refractivity contribution < 1.29 is 13.7 Å². The van der Waals surface area contributed by atoms with Gasteiger partial charge in [0.1, 0.15) is 11.6 Å². The van der Waals surface area contributed by atoms with E-state index in [-0.39, 0.29) is 5.82 Å². The van der Waals surface area contributed by atoms with Gasteiger partial charge in [0.25, 0.3) is 5.89 Å². The van der Waals surface area contributed by atoms with E-state index in [1.165, 1.54) is 12.1 Å². The summed E-state index contributed by atoms with van der Waals surface area (Å²) in [6.07, 6.45) is 2.02. The molecule has 1 aromatic heterocycles. The zero-order chi connectivity index (χ0) is 23.4. The van der Waals surface area contributed by atoms with Crippen molar-refractivity contribution in [2.45, 2.75) is 39.7 Å². The van der Waals surface area contributed by atoms with Crippen molar-refractivity contribution in [1.29, 1.82) is 0 Å². The van der Waals surface area contributed by atoms with Gasteiger partial charge in [-0.25, -0.2) is 4.39 Å². The molecule has 0 saturated heterocycles. The fourth-order valence-electron chi connectivity index (χ4n) is 3.90. The molecule has 0 radical (unpaired) electrons. The molecule has 33 heavy (non-hydrogen) atoms. The second-order valence-corrected chi connectivity index (χ2v) is 8.21. The topological polar surface area (TPSA) is 63.4 Å². The molecule has 2 heterocycles. The van der Waals surface area contributed by atoms with Crippen molar-refractivity contribution in [2.24, 2.45) is 0 Å². The number of allylic oxidation sites excluding steroid dienone is 1. The van der Waals surface area contributed by atoms with Crippen molar-refractivity contribution in [2.75, 3.05) is 13.2 Å². The lowest BCUT2D eigenvalue weighted by Gasteiger charge is -2.37. The molecule has 1 aliphatic heterocycles. The molecule has 1 atom stereocenters. The summed E-state index contributed by atoms with van der Waals surface area (Å²) in [5, 5.41) is 8.17. The molecule has 1 aliphatic rings. The van der Waals surface area contributed by atoms with Gasteiger partial charge < -0.3 is 19.5 Å². The highest BCUT2D eigenvalue weighted by Gasteiger charge is 2.34. The Kier molecular flexibility index (Phi) is 7.03. The summed E-state index contributed by atoms with van der Waals surface area (Å²) in [5.74, 6) is 1.32.